The van der Waals surface area contributed by atoms with Crippen LogP contribution in [0, 0.1) is 0 Å². The van der Waals surface area contributed by atoms with E-state index in [9.17, 15) is 4.79 Å². The number of ether oxygens (including phenoxy) is 1. The summed E-state index contributed by atoms with van der Waals surface area (Å²) in [5, 5.41) is 10.6. The number of anilines is 1. The Kier molecular flexibility index (Phi) is 3.66. The van der Waals surface area contributed by atoms with E-state index >= 15 is 0 Å². The molecule has 2 aromatic carbocycles. The van der Waals surface area contributed by atoms with E-state index in [0.717, 1.165) is 16.5 Å². The average Bonchev–Trinajstić information content (AvgIpc) is 2.96. The third kappa shape index (κ3) is 2.78. The molecular formula is C16H15N3O2. The Morgan fingerprint density at radius 3 is 2.81 bits per heavy atom. The molecule has 0 spiro atoms. The minimum atomic E-state index is -0.633. The summed E-state index contributed by atoms with van der Waals surface area (Å²) in [4.78, 5) is 12.4. The summed E-state index contributed by atoms with van der Waals surface area (Å²) < 4.78 is 5.31. The van der Waals surface area contributed by atoms with Crippen LogP contribution in [-0.2, 0) is 9.53 Å². The van der Waals surface area contributed by atoms with Gasteiger partial charge in [-0.15, -0.1) is 0 Å². The van der Waals surface area contributed by atoms with Crippen LogP contribution in [0.4, 0.5) is 5.69 Å². The SMILES string of the molecule is COC(C(=O)Nc1ccc2[nH]ncc2c1)c1ccccc1. The van der Waals surface area contributed by atoms with Gasteiger partial charge in [0.1, 0.15) is 0 Å². The number of aromatic nitrogens is 2. The zero-order valence-corrected chi connectivity index (χ0v) is 11.5. The van der Waals surface area contributed by atoms with Crippen LogP contribution in [0.1, 0.15) is 11.7 Å². The summed E-state index contributed by atoms with van der Waals surface area (Å²) in [5.74, 6) is -0.202. The summed E-state index contributed by atoms with van der Waals surface area (Å²) in [6.45, 7) is 0. The summed E-state index contributed by atoms with van der Waals surface area (Å²) in [5.41, 5.74) is 2.47. The normalized spacial score (nSPS) is 12.2. The van der Waals surface area contributed by atoms with Gasteiger partial charge in [-0.05, 0) is 23.8 Å². The summed E-state index contributed by atoms with van der Waals surface area (Å²) in [6.07, 6.45) is 1.09. The smallest absolute Gasteiger partial charge is 0.258 e. The number of carbonyl (C=O) groups is 1. The molecule has 0 radical (unpaired) electrons. The molecule has 0 saturated heterocycles. The Balaban J connectivity index is 1.81. The number of aromatic amines is 1. The van der Waals surface area contributed by atoms with E-state index in [1.807, 2.05) is 48.5 Å². The Morgan fingerprint density at radius 2 is 2.05 bits per heavy atom. The Bertz CT molecular complexity index is 752. The topological polar surface area (TPSA) is 67.0 Å². The molecule has 3 rings (SSSR count). The van der Waals surface area contributed by atoms with E-state index in [2.05, 4.69) is 15.5 Å². The minimum absolute atomic E-state index is 0.202. The van der Waals surface area contributed by atoms with Crippen LogP contribution < -0.4 is 5.32 Å². The van der Waals surface area contributed by atoms with Gasteiger partial charge in [0.25, 0.3) is 5.91 Å². The number of fused-ring (bicyclic) bond motifs is 1. The van der Waals surface area contributed by atoms with Crippen molar-refractivity contribution in [1.29, 1.82) is 0 Å². The van der Waals surface area contributed by atoms with E-state index < -0.39 is 6.10 Å². The lowest BCUT2D eigenvalue weighted by atomic mass is 10.1. The quantitative estimate of drug-likeness (QED) is 0.772. The van der Waals surface area contributed by atoms with Gasteiger partial charge in [0.15, 0.2) is 6.10 Å². The predicted octanol–water partition coefficient (Wildman–Crippen LogP) is 2.89. The molecule has 1 aromatic heterocycles. The van der Waals surface area contributed by atoms with E-state index in [4.69, 9.17) is 4.74 Å². The zero-order valence-electron chi connectivity index (χ0n) is 11.5. The number of carbonyl (C=O) groups excluding carboxylic acids is 1. The third-order valence-electron chi connectivity index (χ3n) is 3.28. The molecule has 1 amide bonds. The van der Waals surface area contributed by atoms with Crippen molar-refractivity contribution in [3.8, 4) is 0 Å². The lowest BCUT2D eigenvalue weighted by Crippen LogP contribution is -2.22. The van der Waals surface area contributed by atoms with Crippen molar-refractivity contribution in [3.63, 3.8) is 0 Å². The van der Waals surface area contributed by atoms with Crippen molar-refractivity contribution < 1.29 is 9.53 Å². The highest BCUT2D eigenvalue weighted by Crippen LogP contribution is 2.21. The number of nitrogens with one attached hydrogen (secondary N) is 2. The van der Waals surface area contributed by atoms with Gasteiger partial charge in [0.2, 0.25) is 0 Å². The Labute approximate surface area is 121 Å². The Hall–Kier alpha value is -2.66. The number of benzene rings is 2. The fourth-order valence-electron chi connectivity index (χ4n) is 2.25. The number of methoxy groups -OCH3 is 1. The monoisotopic (exact) mass is 281 g/mol. The van der Waals surface area contributed by atoms with Crippen molar-refractivity contribution in [2.24, 2.45) is 0 Å². The Morgan fingerprint density at radius 1 is 1.24 bits per heavy atom. The lowest BCUT2D eigenvalue weighted by Gasteiger charge is -2.15. The first-order chi connectivity index (χ1) is 10.3. The molecule has 0 saturated carbocycles. The third-order valence-corrected chi connectivity index (χ3v) is 3.28. The molecule has 106 valence electrons. The molecular weight excluding hydrogens is 266 g/mol. The van der Waals surface area contributed by atoms with Crippen LogP contribution in [0.3, 0.4) is 0 Å². The molecule has 0 aliphatic heterocycles. The number of rotatable bonds is 4. The molecule has 0 aliphatic carbocycles. The zero-order chi connectivity index (χ0) is 14.7. The molecule has 2 N–H and O–H groups in total. The molecule has 0 aliphatic rings. The second kappa shape index (κ2) is 5.76. The van der Waals surface area contributed by atoms with E-state index in [1.54, 1.807) is 6.20 Å². The fourth-order valence-corrected chi connectivity index (χ4v) is 2.25. The lowest BCUT2D eigenvalue weighted by molar-refractivity contribution is -0.126. The largest absolute Gasteiger partial charge is 0.367 e. The van der Waals surface area contributed by atoms with Crippen LogP contribution in [0.25, 0.3) is 10.9 Å². The molecule has 1 unspecified atom stereocenters. The number of hydrogen-bond donors (Lipinski definition) is 2. The van der Waals surface area contributed by atoms with Crippen LogP contribution in [-0.4, -0.2) is 23.2 Å². The standard InChI is InChI=1S/C16H15N3O2/c1-21-15(11-5-3-2-4-6-11)16(20)18-13-7-8-14-12(9-13)10-17-19-14/h2-10,15H,1H3,(H,17,19)(H,18,20). The van der Waals surface area contributed by atoms with Gasteiger partial charge in [-0.1, -0.05) is 30.3 Å². The van der Waals surface area contributed by atoms with E-state index in [0.29, 0.717) is 5.69 Å². The van der Waals surface area contributed by atoms with Gasteiger partial charge in [-0.25, -0.2) is 0 Å². The van der Waals surface area contributed by atoms with E-state index in [-0.39, 0.29) is 5.91 Å². The maximum absolute atomic E-state index is 12.4. The minimum Gasteiger partial charge on any atom is -0.367 e. The van der Waals surface area contributed by atoms with Crippen LogP contribution in [0.15, 0.2) is 54.7 Å². The molecule has 21 heavy (non-hydrogen) atoms. The second-order valence-corrected chi connectivity index (χ2v) is 4.69. The molecule has 1 atom stereocenters. The maximum atomic E-state index is 12.4. The van der Waals surface area contributed by atoms with Crippen LogP contribution in [0.5, 0.6) is 0 Å². The first kappa shape index (κ1) is 13.3. The first-order valence-electron chi connectivity index (χ1n) is 6.59. The molecule has 0 bridgehead atoms. The van der Waals surface area contributed by atoms with Gasteiger partial charge in [-0.2, -0.15) is 5.10 Å². The first-order valence-corrected chi connectivity index (χ1v) is 6.59. The van der Waals surface area contributed by atoms with Crippen molar-refractivity contribution in [2.75, 3.05) is 12.4 Å². The van der Waals surface area contributed by atoms with Gasteiger partial charge in [-0.3, -0.25) is 9.89 Å². The molecule has 1 heterocycles. The average molecular weight is 281 g/mol. The van der Waals surface area contributed by atoms with Gasteiger partial charge < -0.3 is 10.1 Å². The van der Waals surface area contributed by atoms with Crippen molar-refractivity contribution in [2.45, 2.75) is 6.10 Å². The number of hydrogen-bond acceptors (Lipinski definition) is 3. The van der Waals surface area contributed by atoms with Gasteiger partial charge in [0, 0.05) is 18.2 Å². The molecule has 3 aromatic rings. The summed E-state index contributed by atoms with van der Waals surface area (Å²) >= 11 is 0. The molecule has 5 nitrogen and oxygen atoms in total. The number of H-pyrrole nitrogens is 1. The maximum Gasteiger partial charge on any atom is 0.258 e. The molecule has 5 heteroatoms. The number of nitrogens with zero attached hydrogens (tertiary/aromatic N) is 1. The van der Waals surface area contributed by atoms with E-state index in [1.165, 1.54) is 7.11 Å². The van der Waals surface area contributed by atoms with Crippen LogP contribution in [0.2, 0.25) is 0 Å². The fraction of sp³-hybridized carbons (Fsp3) is 0.125. The highest BCUT2D eigenvalue weighted by Gasteiger charge is 2.19. The highest BCUT2D eigenvalue weighted by molar-refractivity contribution is 5.96. The van der Waals surface area contributed by atoms with Crippen molar-refractivity contribution in [3.05, 3.63) is 60.3 Å². The number of amides is 1. The van der Waals surface area contributed by atoms with Crippen LogP contribution >= 0.6 is 0 Å². The van der Waals surface area contributed by atoms with Crippen molar-refractivity contribution in [1.82, 2.24) is 10.2 Å². The predicted molar refractivity (Wildman–Crippen MR) is 80.9 cm³/mol. The molecule has 0 fully saturated rings. The van der Waals surface area contributed by atoms with Crippen molar-refractivity contribution >= 4 is 22.5 Å². The van der Waals surface area contributed by atoms with Gasteiger partial charge >= 0.3 is 0 Å². The summed E-state index contributed by atoms with van der Waals surface area (Å²) in [7, 11) is 1.52. The summed E-state index contributed by atoms with van der Waals surface area (Å²) in [6, 6.07) is 15.0. The second-order valence-electron chi connectivity index (χ2n) is 4.69. The van der Waals surface area contributed by atoms with Gasteiger partial charge in [0.05, 0.1) is 11.7 Å². The highest BCUT2D eigenvalue weighted by atomic mass is 16.5.